The van der Waals surface area contributed by atoms with Crippen LogP contribution in [0.5, 0.6) is 11.5 Å². The van der Waals surface area contributed by atoms with Crippen molar-refractivity contribution in [3.05, 3.63) is 245 Å². The Balaban J connectivity index is 0.000000170. The number of Topliss-reactive ketones (excluding diaryl/α,β-unsaturated/α-hetero) is 1. The summed E-state index contributed by atoms with van der Waals surface area (Å²) in [6, 6.07) is 58.1. The Morgan fingerprint density at radius 2 is 1.33 bits per heavy atom. The number of carbonyl (C=O) groups is 3. The van der Waals surface area contributed by atoms with Crippen molar-refractivity contribution in [2.24, 2.45) is 11.8 Å². The van der Waals surface area contributed by atoms with Crippen LogP contribution in [0.1, 0.15) is 124 Å². The zero-order valence-corrected chi connectivity index (χ0v) is 51.5. The number of para-hydroxylation sites is 1. The number of benzene rings is 7. The molecule has 16 nitrogen and oxygen atoms in total. The van der Waals surface area contributed by atoms with Crippen LogP contribution in [0.3, 0.4) is 0 Å². The zero-order chi connectivity index (χ0) is 64.4. The predicted molar refractivity (Wildman–Crippen MR) is 347 cm³/mol. The molecule has 466 valence electrons. The second kappa shape index (κ2) is 31.4. The van der Waals surface area contributed by atoms with Crippen LogP contribution in [-0.4, -0.2) is 96.7 Å². The number of carboxylic acid groups (broad SMARTS) is 1. The quantitative estimate of drug-likeness (QED) is 0.0525. The van der Waals surface area contributed by atoms with E-state index in [9.17, 15) is 29.0 Å². The first kappa shape index (κ1) is 65.4. The summed E-state index contributed by atoms with van der Waals surface area (Å²) < 4.78 is 28.5. The molecule has 1 saturated heterocycles. The van der Waals surface area contributed by atoms with Gasteiger partial charge >= 0.3 is 5.97 Å². The minimum atomic E-state index is -1.18. The SMILES string of the molecule is CC(C)c1c(C(=O)Nc2ccccc2)c(-c2ccccc2)c(-c2ccc(F)cc2)n1CC[C@@H](O)C[C@@H](O)CC(=O)O.COc1cc2c(cc1OC)C(=O)C(CC1CCN(Cc3ccccc3)CC1)C2.N#Cc1ccc(C(c2ccc(C#N)cc2)n2cncn2)cc1. The standard InChI is InChI=1S/C33H35FN2O5.C24H29NO3.C17H11N5/c1-21(2)31-30(33(41)35-25-11-7-4-8-12-25)29(22-9-5-3-6-10-22)32(23-13-15-24(34)16-14-23)36(31)18-17-26(37)19-27(38)20-28(39)40;1-27-22-14-19-13-20(24(26)21(19)15-23(22)28-2)12-17-8-10-25(11-9-17)16-18-6-4-3-5-7-18;18-9-13-1-5-15(6-2-13)17(22-12-20-11-21-22)16-7-3-14(10-19)4-8-16/h3-16,21,26-27,37-38H,17-20H2,1-2H3,(H,35,41)(H,39,40);3-7,14-15,17,20H,8-13,16H2,1-2H3;1-8,11-12,17H/t26-,27-;;/m1../s1. The second-order valence-electron chi connectivity index (χ2n) is 23.2. The number of aliphatic hydroxyl groups excluding tert-OH is 2. The van der Waals surface area contributed by atoms with Gasteiger partial charge in [0.05, 0.1) is 67.4 Å². The summed E-state index contributed by atoms with van der Waals surface area (Å²) in [6.45, 7) is 7.52. The molecule has 91 heavy (non-hydrogen) atoms. The number of halogens is 1. The van der Waals surface area contributed by atoms with Gasteiger partial charge in [-0.2, -0.15) is 15.6 Å². The Labute approximate surface area is 530 Å². The number of carbonyl (C=O) groups excluding carboxylic acids is 2. The molecule has 1 aliphatic carbocycles. The molecular weight excluding hydrogens is 1150 g/mol. The van der Waals surface area contributed by atoms with Crippen molar-refractivity contribution in [1.82, 2.24) is 24.2 Å². The van der Waals surface area contributed by atoms with E-state index in [4.69, 9.17) is 25.1 Å². The second-order valence-corrected chi connectivity index (χ2v) is 23.2. The van der Waals surface area contributed by atoms with Gasteiger partial charge in [0.2, 0.25) is 0 Å². The highest BCUT2D eigenvalue weighted by Gasteiger charge is 2.35. The molecule has 1 aliphatic heterocycles. The number of amides is 1. The topological polar surface area (TPSA) is 229 Å². The molecule has 11 rings (SSSR count). The van der Waals surface area contributed by atoms with Gasteiger partial charge in [0.25, 0.3) is 5.91 Å². The zero-order valence-electron chi connectivity index (χ0n) is 51.5. The van der Waals surface area contributed by atoms with Crippen LogP contribution in [0.15, 0.2) is 189 Å². The highest BCUT2D eigenvalue weighted by molar-refractivity contribution is 6.12. The smallest absolute Gasteiger partial charge is 0.305 e. The Hall–Kier alpha value is -10.0. The van der Waals surface area contributed by atoms with Gasteiger partial charge in [-0.3, -0.25) is 19.3 Å². The van der Waals surface area contributed by atoms with E-state index in [1.165, 1.54) is 36.9 Å². The average Bonchev–Trinajstić information content (AvgIpc) is 1.62. The molecule has 0 bridgehead atoms. The van der Waals surface area contributed by atoms with Crippen LogP contribution in [-0.2, 0) is 24.3 Å². The lowest BCUT2D eigenvalue weighted by atomic mass is 9.85. The summed E-state index contributed by atoms with van der Waals surface area (Å²) in [5, 5.41) is 54.8. The summed E-state index contributed by atoms with van der Waals surface area (Å²) in [7, 11) is 3.26. The van der Waals surface area contributed by atoms with Gasteiger partial charge in [-0.05, 0) is 170 Å². The summed E-state index contributed by atoms with van der Waals surface area (Å²) in [6.07, 6.45) is 4.82. The van der Waals surface area contributed by atoms with E-state index in [1.54, 1.807) is 61.6 Å². The molecule has 0 radical (unpaired) electrons. The number of piperidine rings is 1. The van der Waals surface area contributed by atoms with E-state index in [0.29, 0.717) is 56.6 Å². The van der Waals surface area contributed by atoms with Crippen LogP contribution >= 0.6 is 0 Å². The highest BCUT2D eigenvalue weighted by atomic mass is 19.1. The summed E-state index contributed by atoms with van der Waals surface area (Å²) >= 11 is 0. The first-order chi connectivity index (χ1) is 44.1. The van der Waals surface area contributed by atoms with E-state index in [1.807, 2.05) is 115 Å². The third kappa shape index (κ3) is 16.8. The molecule has 4 N–H and O–H groups in total. The molecule has 3 heterocycles. The number of fused-ring (bicyclic) bond motifs is 1. The third-order valence-electron chi connectivity index (χ3n) is 16.6. The number of aromatic nitrogens is 4. The number of aliphatic hydroxyl groups is 2. The fourth-order valence-corrected chi connectivity index (χ4v) is 12.2. The lowest BCUT2D eigenvalue weighted by molar-refractivity contribution is -0.139. The molecule has 7 aromatic carbocycles. The van der Waals surface area contributed by atoms with Crippen LogP contribution in [0.4, 0.5) is 10.1 Å². The average molecular weight is 1220 g/mol. The number of ketones is 1. The highest BCUT2D eigenvalue weighted by Crippen LogP contribution is 2.44. The maximum Gasteiger partial charge on any atom is 0.305 e. The lowest BCUT2D eigenvalue weighted by Crippen LogP contribution is -2.34. The van der Waals surface area contributed by atoms with Crippen molar-refractivity contribution in [3.63, 3.8) is 0 Å². The molecule has 0 spiro atoms. The van der Waals surface area contributed by atoms with E-state index >= 15 is 0 Å². The molecule has 1 unspecified atom stereocenters. The first-order valence-corrected chi connectivity index (χ1v) is 30.6. The molecule has 2 aliphatic rings. The molecule has 3 atom stereocenters. The molecule has 17 heteroatoms. The van der Waals surface area contributed by atoms with Crippen LogP contribution < -0.4 is 14.8 Å². The number of nitrogens with one attached hydrogen (secondary N) is 1. The largest absolute Gasteiger partial charge is 0.493 e. The predicted octanol–water partition coefficient (Wildman–Crippen LogP) is 13.3. The Kier molecular flexibility index (Phi) is 22.6. The van der Waals surface area contributed by atoms with Crippen LogP contribution in [0.2, 0.25) is 0 Å². The van der Waals surface area contributed by atoms with Gasteiger partial charge < -0.3 is 34.7 Å². The fourth-order valence-electron chi connectivity index (χ4n) is 12.2. The Morgan fingerprint density at radius 3 is 1.88 bits per heavy atom. The number of nitriles is 2. The van der Waals surface area contributed by atoms with Crippen molar-refractivity contribution in [1.29, 1.82) is 10.5 Å². The lowest BCUT2D eigenvalue weighted by Gasteiger charge is -2.32. The Bertz CT molecular complexity index is 3880. The summed E-state index contributed by atoms with van der Waals surface area (Å²) in [5.74, 6) is 0.447. The van der Waals surface area contributed by atoms with Crippen molar-refractivity contribution in [3.8, 4) is 46.0 Å². The van der Waals surface area contributed by atoms with Crippen LogP contribution in [0, 0.1) is 40.3 Å². The van der Waals surface area contributed by atoms with Crippen molar-refractivity contribution < 1.29 is 43.6 Å². The van der Waals surface area contributed by atoms with E-state index in [-0.39, 0.29) is 54.8 Å². The van der Waals surface area contributed by atoms with Crippen molar-refractivity contribution in [2.45, 2.75) is 96.1 Å². The molecule has 9 aromatic rings. The Morgan fingerprint density at radius 1 is 0.747 bits per heavy atom. The number of nitrogens with zero attached hydrogens (tertiary/aromatic N) is 7. The number of hydrogen-bond acceptors (Lipinski definition) is 12. The van der Waals surface area contributed by atoms with Gasteiger partial charge in [0, 0.05) is 41.5 Å². The minimum Gasteiger partial charge on any atom is -0.493 e. The summed E-state index contributed by atoms with van der Waals surface area (Å²) in [4.78, 5) is 44.5. The maximum absolute atomic E-state index is 14.0. The molecule has 1 fully saturated rings. The van der Waals surface area contributed by atoms with Gasteiger partial charge in [-0.25, -0.2) is 14.1 Å². The maximum atomic E-state index is 14.0. The molecule has 0 saturated carbocycles. The van der Waals surface area contributed by atoms with Gasteiger partial charge in [0.15, 0.2) is 17.3 Å². The number of likely N-dealkylation sites (tertiary alicyclic amines) is 1. The molecular formula is C74H75FN8O8. The number of ether oxygens (including phenoxy) is 2. The van der Waals surface area contributed by atoms with E-state index in [2.05, 4.69) is 62.8 Å². The normalized spacial score (nSPS) is 14.4. The minimum absolute atomic E-state index is 0.0939. The van der Waals surface area contributed by atoms with Gasteiger partial charge in [-0.1, -0.05) is 117 Å². The number of hydrogen-bond donors (Lipinski definition) is 4. The van der Waals surface area contributed by atoms with E-state index in [0.717, 1.165) is 66.0 Å². The van der Waals surface area contributed by atoms with Crippen LogP contribution in [0.25, 0.3) is 22.4 Å². The number of anilines is 1. The number of rotatable bonds is 21. The van der Waals surface area contributed by atoms with Crippen molar-refractivity contribution in [2.75, 3.05) is 32.6 Å². The molecule has 1 amide bonds. The fraction of sp³-hybridized carbons (Fsp3) is 0.284. The van der Waals surface area contributed by atoms with Crippen molar-refractivity contribution >= 4 is 23.3 Å². The third-order valence-corrected chi connectivity index (χ3v) is 16.6. The van der Waals surface area contributed by atoms with Gasteiger partial charge in [-0.15, -0.1) is 0 Å². The number of carboxylic acids is 1. The number of aliphatic carboxylic acids is 1. The first-order valence-electron chi connectivity index (χ1n) is 30.6. The monoisotopic (exact) mass is 1220 g/mol. The molecule has 2 aromatic heterocycles. The summed E-state index contributed by atoms with van der Waals surface area (Å²) in [5.41, 5.74) is 11.3. The number of methoxy groups -OCH3 is 2. The van der Waals surface area contributed by atoms with Gasteiger partial charge in [0.1, 0.15) is 24.5 Å². The van der Waals surface area contributed by atoms with E-state index < -0.39 is 24.6 Å².